The Bertz CT molecular complexity index is 420. The SMILES string of the molecule is CCN(CC(=O)c1cccc(Cl)c1)CC(F)(F)F. The van der Waals surface area contributed by atoms with Gasteiger partial charge in [-0.15, -0.1) is 0 Å². The number of benzene rings is 1. The summed E-state index contributed by atoms with van der Waals surface area (Å²) in [7, 11) is 0. The highest BCUT2D eigenvalue weighted by atomic mass is 35.5. The minimum atomic E-state index is -4.30. The summed E-state index contributed by atoms with van der Waals surface area (Å²) in [6.07, 6.45) is -4.30. The van der Waals surface area contributed by atoms with Crippen LogP contribution in [-0.2, 0) is 0 Å². The lowest BCUT2D eigenvalue weighted by atomic mass is 10.1. The summed E-state index contributed by atoms with van der Waals surface area (Å²) in [4.78, 5) is 12.8. The van der Waals surface area contributed by atoms with Gasteiger partial charge in [0.1, 0.15) is 0 Å². The lowest BCUT2D eigenvalue weighted by molar-refractivity contribution is -0.144. The number of nitrogens with zero attached hydrogens (tertiary/aromatic N) is 1. The molecule has 18 heavy (non-hydrogen) atoms. The van der Waals surface area contributed by atoms with Crippen molar-refractivity contribution in [1.29, 1.82) is 0 Å². The normalized spacial score (nSPS) is 11.9. The van der Waals surface area contributed by atoms with E-state index in [0.717, 1.165) is 4.90 Å². The molecule has 1 aromatic carbocycles. The Morgan fingerprint density at radius 2 is 2.06 bits per heavy atom. The molecule has 0 bridgehead atoms. The van der Waals surface area contributed by atoms with Crippen LogP contribution in [0.2, 0.25) is 5.02 Å². The van der Waals surface area contributed by atoms with Crippen molar-refractivity contribution in [3.8, 4) is 0 Å². The van der Waals surface area contributed by atoms with E-state index in [1.54, 1.807) is 19.1 Å². The topological polar surface area (TPSA) is 20.3 Å². The van der Waals surface area contributed by atoms with Gasteiger partial charge in [0.2, 0.25) is 0 Å². The Kier molecular flexibility index (Phi) is 5.16. The zero-order chi connectivity index (χ0) is 13.8. The number of halogens is 4. The summed E-state index contributed by atoms with van der Waals surface area (Å²) < 4.78 is 36.7. The van der Waals surface area contributed by atoms with Gasteiger partial charge in [-0.3, -0.25) is 9.69 Å². The molecule has 0 saturated heterocycles. The molecule has 6 heteroatoms. The molecule has 0 unspecified atom stereocenters. The molecule has 0 heterocycles. The summed E-state index contributed by atoms with van der Waals surface area (Å²) in [6.45, 7) is 0.384. The standard InChI is InChI=1S/C12H13ClF3NO/c1-2-17(8-12(14,15)16)7-11(18)9-4-3-5-10(13)6-9/h3-6H,2,7-8H2,1H3. The first-order chi connectivity index (χ1) is 8.31. The number of ketones is 1. The minimum absolute atomic E-state index is 0.159. The van der Waals surface area contributed by atoms with Crippen molar-refractivity contribution >= 4 is 17.4 Å². The molecule has 0 aliphatic rings. The Balaban J connectivity index is 2.68. The molecule has 0 atom stereocenters. The van der Waals surface area contributed by atoms with Gasteiger partial charge in [0.15, 0.2) is 5.78 Å². The van der Waals surface area contributed by atoms with Gasteiger partial charge in [-0.1, -0.05) is 30.7 Å². The minimum Gasteiger partial charge on any atom is -0.293 e. The summed E-state index contributed by atoms with van der Waals surface area (Å²) in [5, 5.41) is 0.389. The second-order valence-electron chi connectivity index (χ2n) is 3.85. The largest absolute Gasteiger partial charge is 0.401 e. The Labute approximate surface area is 108 Å². The average molecular weight is 280 g/mol. The summed E-state index contributed by atoms with van der Waals surface area (Å²) in [6, 6.07) is 6.18. The average Bonchev–Trinajstić information content (AvgIpc) is 2.26. The highest BCUT2D eigenvalue weighted by Gasteiger charge is 2.30. The quantitative estimate of drug-likeness (QED) is 0.770. The van der Waals surface area contributed by atoms with E-state index in [1.165, 1.54) is 12.1 Å². The molecular formula is C12H13ClF3NO. The number of Topliss-reactive ketones (excluding diaryl/α,β-unsaturated/α-hetero) is 1. The summed E-state index contributed by atoms with van der Waals surface area (Å²) in [5.41, 5.74) is 0.322. The number of hydrogen-bond acceptors (Lipinski definition) is 2. The second kappa shape index (κ2) is 6.20. The van der Waals surface area contributed by atoms with Crippen LogP contribution in [0.4, 0.5) is 13.2 Å². The van der Waals surface area contributed by atoms with Crippen LogP contribution in [0.5, 0.6) is 0 Å². The van der Waals surface area contributed by atoms with E-state index in [4.69, 9.17) is 11.6 Å². The van der Waals surface area contributed by atoms with Gasteiger partial charge < -0.3 is 0 Å². The van der Waals surface area contributed by atoms with Crippen LogP contribution in [0.3, 0.4) is 0 Å². The first-order valence-corrected chi connectivity index (χ1v) is 5.77. The number of carbonyl (C=O) groups is 1. The zero-order valence-corrected chi connectivity index (χ0v) is 10.6. The van der Waals surface area contributed by atoms with Gasteiger partial charge in [0.05, 0.1) is 13.1 Å². The number of likely N-dealkylation sites (N-methyl/N-ethyl adjacent to an activating group) is 1. The van der Waals surface area contributed by atoms with Crippen LogP contribution < -0.4 is 0 Å². The fraction of sp³-hybridized carbons (Fsp3) is 0.417. The van der Waals surface area contributed by atoms with Crippen molar-refractivity contribution in [2.45, 2.75) is 13.1 Å². The van der Waals surface area contributed by atoms with Crippen molar-refractivity contribution in [3.63, 3.8) is 0 Å². The Morgan fingerprint density at radius 1 is 1.39 bits per heavy atom. The highest BCUT2D eigenvalue weighted by molar-refractivity contribution is 6.31. The van der Waals surface area contributed by atoms with Crippen molar-refractivity contribution in [2.24, 2.45) is 0 Å². The third kappa shape index (κ3) is 5.06. The van der Waals surface area contributed by atoms with E-state index in [9.17, 15) is 18.0 Å². The first-order valence-electron chi connectivity index (χ1n) is 5.39. The van der Waals surface area contributed by atoms with Gasteiger partial charge in [0.25, 0.3) is 0 Å². The van der Waals surface area contributed by atoms with Gasteiger partial charge in [0, 0.05) is 10.6 Å². The van der Waals surface area contributed by atoms with E-state index >= 15 is 0 Å². The smallest absolute Gasteiger partial charge is 0.293 e. The van der Waals surface area contributed by atoms with Crippen molar-refractivity contribution in [3.05, 3.63) is 34.9 Å². The molecule has 0 aromatic heterocycles. The lowest BCUT2D eigenvalue weighted by Gasteiger charge is -2.21. The predicted molar refractivity (Wildman–Crippen MR) is 64.0 cm³/mol. The molecule has 0 spiro atoms. The van der Waals surface area contributed by atoms with Crippen LogP contribution in [0.1, 0.15) is 17.3 Å². The highest BCUT2D eigenvalue weighted by Crippen LogP contribution is 2.17. The molecule has 2 nitrogen and oxygen atoms in total. The van der Waals surface area contributed by atoms with Crippen molar-refractivity contribution in [1.82, 2.24) is 4.90 Å². The maximum Gasteiger partial charge on any atom is 0.401 e. The van der Waals surface area contributed by atoms with Crippen LogP contribution in [0.15, 0.2) is 24.3 Å². The van der Waals surface area contributed by atoms with Crippen molar-refractivity contribution in [2.75, 3.05) is 19.6 Å². The fourth-order valence-corrected chi connectivity index (χ4v) is 1.68. The maximum atomic E-state index is 12.2. The molecule has 0 saturated carbocycles. The first kappa shape index (κ1) is 15.0. The predicted octanol–water partition coefficient (Wildman–Crippen LogP) is 3.41. The molecular weight excluding hydrogens is 267 g/mol. The molecule has 0 fully saturated rings. The van der Waals surface area contributed by atoms with Gasteiger partial charge in [-0.25, -0.2) is 0 Å². The number of hydrogen-bond donors (Lipinski definition) is 0. The lowest BCUT2D eigenvalue weighted by Crippen LogP contribution is -2.37. The van der Waals surface area contributed by atoms with Crippen LogP contribution in [0.25, 0.3) is 0 Å². The second-order valence-corrected chi connectivity index (χ2v) is 4.29. The van der Waals surface area contributed by atoms with Crippen LogP contribution in [0, 0.1) is 0 Å². The van der Waals surface area contributed by atoms with E-state index in [0.29, 0.717) is 10.6 Å². The number of rotatable bonds is 5. The Morgan fingerprint density at radius 3 is 2.56 bits per heavy atom. The molecule has 0 N–H and O–H groups in total. The monoisotopic (exact) mass is 279 g/mol. The van der Waals surface area contributed by atoms with Gasteiger partial charge >= 0.3 is 6.18 Å². The van der Waals surface area contributed by atoms with E-state index in [-0.39, 0.29) is 18.9 Å². The molecule has 1 aromatic rings. The van der Waals surface area contributed by atoms with E-state index in [2.05, 4.69) is 0 Å². The number of carbonyl (C=O) groups excluding carboxylic acids is 1. The summed E-state index contributed by atoms with van der Waals surface area (Å²) in [5.74, 6) is -0.372. The third-order valence-corrected chi connectivity index (χ3v) is 2.60. The molecule has 100 valence electrons. The van der Waals surface area contributed by atoms with Crippen LogP contribution >= 0.6 is 11.6 Å². The van der Waals surface area contributed by atoms with Gasteiger partial charge in [-0.2, -0.15) is 13.2 Å². The third-order valence-electron chi connectivity index (χ3n) is 2.36. The van der Waals surface area contributed by atoms with E-state index in [1.807, 2.05) is 0 Å². The number of alkyl halides is 3. The van der Waals surface area contributed by atoms with E-state index < -0.39 is 12.7 Å². The molecule has 0 radical (unpaired) electrons. The zero-order valence-electron chi connectivity index (χ0n) is 9.80. The summed E-state index contributed by atoms with van der Waals surface area (Å²) >= 11 is 5.72. The fourth-order valence-electron chi connectivity index (χ4n) is 1.49. The van der Waals surface area contributed by atoms with Gasteiger partial charge in [-0.05, 0) is 18.7 Å². The van der Waals surface area contributed by atoms with Crippen LogP contribution in [-0.4, -0.2) is 36.5 Å². The molecule has 0 amide bonds. The van der Waals surface area contributed by atoms with Crippen molar-refractivity contribution < 1.29 is 18.0 Å². The maximum absolute atomic E-state index is 12.2. The molecule has 0 aliphatic heterocycles. The molecule has 0 aliphatic carbocycles. The Hall–Kier alpha value is -1.07. The molecule has 1 rings (SSSR count).